The summed E-state index contributed by atoms with van der Waals surface area (Å²) < 4.78 is 30.8. The zero-order valence-electron chi connectivity index (χ0n) is 9.87. The third-order valence-electron chi connectivity index (χ3n) is 2.68. The highest BCUT2D eigenvalue weighted by atomic mass is 19.2. The Balaban J connectivity index is 3.16. The van der Waals surface area contributed by atoms with Gasteiger partial charge in [0, 0.05) is 6.42 Å². The lowest BCUT2D eigenvalue weighted by Crippen LogP contribution is -2.39. The van der Waals surface area contributed by atoms with Gasteiger partial charge in [-0.2, -0.15) is 0 Å². The highest BCUT2D eigenvalue weighted by molar-refractivity contribution is 5.98. The van der Waals surface area contributed by atoms with Crippen molar-refractivity contribution in [3.05, 3.63) is 35.4 Å². The van der Waals surface area contributed by atoms with Crippen molar-refractivity contribution >= 4 is 11.9 Å². The van der Waals surface area contributed by atoms with E-state index in [-0.39, 0.29) is 5.56 Å². The number of methoxy groups -OCH3 is 1. The predicted molar refractivity (Wildman–Crippen MR) is 57.8 cm³/mol. The van der Waals surface area contributed by atoms with Gasteiger partial charge in [-0.15, -0.1) is 0 Å². The number of esters is 1. The SMILES string of the molecule is COC(=O)C(C)(Cc1cccc(F)c1F)C(=O)O. The van der Waals surface area contributed by atoms with Crippen molar-refractivity contribution < 1.29 is 28.2 Å². The van der Waals surface area contributed by atoms with Crippen LogP contribution in [0.15, 0.2) is 18.2 Å². The topological polar surface area (TPSA) is 63.6 Å². The lowest BCUT2D eigenvalue weighted by Gasteiger charge is -2.21. The maximum absolute atomic E-state index is 13.4. The molecule has 0 radical (unpaired) electrons. The van der Waals surface area contributed by atoms with Gasteiger partial charge in [0.15, 0.2) is 17.0 Å². The molecule has 1 unspecified atom stereocenters. The molecule has 6 heteroatoms. The van der Waals surface area contributed by atoms with E-state index in [2.05, 4.69) is 4.74 Å². The molecule has 18 heavy (non-hydrogen) atoms. The van der Waals surface area contributed by atoms with Crippen LogP contribution in [-0.4, -0.2) is 24.2 Å². The number of hydrogen-bond donors (Lipinski definition) is 1. The second kappa shape index (κ2) is 5.12. The number of carbonyl (C=O) groups excluding carboxylic acids is 1. The molecule has 0 aliphatic heterocycles. The smallest absolute Gasteiger partial charge is 0.323 e. The van der Waals surface area contributed by atoms with Gasteiger partial charge in [-0.1, -0.05) is 12.1 Å². The zero-order valence-corrected chi connectivity index (χ0v) is 9.87. The molecule has 1 N–H and O–H groups in total. The first-order valence-corrected chi connectivity index (χ1v) is 5.07. The van der Waals surface area contributed by atoms with Crippen LogP contribution in [0.1, 0.15) is 12.5 Å². The van der Waals surface area contributed by atoms with Gasteiger partial charge in [-0.25, -0.2) is 8.78 Å². The van der Waals surface area contributed by atoms with Crippen molar-refractivity contribution in [2.75, 3.05) is 7.11 Å². The van der Waals surface area contributed by atoms with Gasteiger partial charge < -0.3 is 9.84 Å². The van der Waals surface area contributed by atoms with Crippen LogP contribution in [0.5, 0.6) is 0 Å². The molecule has 4 nitrogen and oxygen atoms in total. The van der Waals surface area contributed by atoms with Crippen LogP contribution in [0.4, 0.5) is 8.78 Å². The average molecular weight is 258 g/mol. The lowest BCUT2D eigenvalue weighted by molar-refractivity contribution is -0.165. The van der Waals surface area contributed by atoms with Crippen molar-refractivity contribution in [3.63, 3.8) is 0 Å². The fourth-order valence-corrected chi connectivity index (χ4v) is 1.53. The molecular weight excluding hydrogens is 246 g/mol. The molecule has 1 aromatic rings. The average Bonchev–Trinajstić information content (AvgIpc) is 2.33. The van der Waals surface area contributed by atoms with Crippen molar-refractivity contribution in [1.29, 1.82) is 0 Å². The molecule has 0 bridgehead atoms. The van der Waals surface area contributed by atoms with E-state index in [9.17, 15) is 18.4 Å². The molecule has 1 rings (SSSR count). The Kier molecular flexibility index (Phi) is 4.00. The number of carboxylic acids is 1. The van der Waals surface area contributed by atoms with Gasteiger partial charge in [0.1, 0.15) is 0 Å². The Morgan fingerprint density at radius 3 is 2.50 bits per heavy atom. The number of aliphatic carboxylic acids is 1. The number of benzene rings is 1. The third kappa shape index (κ3) is 2.47. The molecule has 0 saturated carbocycles. The summed E-state index contributed by atoms with van der Waals surface area (Å²) in [6, 6.07) is 3.38. The van der Waals surface area contributed by atoms with Crippen LogP contribution in [0.2, 0.25) is 0 Å². The van der Waals surface area contributed by atoms with E-state index in [1.165, 1.54) is 12.1 Å². The maximum Gasteiger partial charge on any atom is 0.323 e. The Bertz CT molecular complexity index is 487. The molecule has 0 spiro atoms. The van der Waals surface area contributed by atoms with Gasteiger partial charge in [-0.05, 0) is 18.6 Å². The van der Waals surface area contributed by atoms with E-state index < -0.39 is 35.4 Å². The van der Waals surface area contributed by atoms with Gasteiger partial charge in [0.05, 0.1) is 7.11 Å². The van der Waals surface area contributed by atoms with Crippen LogP contribution < -0.4 is 0 Å². The first-order valence-electron chi connectivity index (χ1n) is 5.07. The van der Waals surface area contributed by atoms with Crippen molar-refractivity contribution in [2.24, 2.45) is 5.41 Å². The highest BCUT2D eigenvalue weighted by Gasteiger charge is 2.43. The van der Waals surface area contributed by atoms with E-state index in [0.29, 0.717) is 0 Å². The monoisotopic (exact) mass is 258 g/mol. The first kappa shape index (κ1) is 14.1. The molecule has 1 aromatic carbocycles. The second-order valence-corrected chi connectivity index (χ2v) is 4.02. The van der Waals surface area contributed by atoms with E-state index in [1.54, 1.807) is 0 Å². The summed E-state index contributed by atoms with van der Waals surface area (Å²) in [4.78, 5) is 22.6. The predicted octanol–water partition coefficient (Wildman–Crippen LogP) is 1.77. The van der Waals surface area contributed by atoms with Crippen LogP contribution in [0, 0.1) is 17.0 Å². The molecule has 0 heterocycles. The lowest BCUT2D eigenvalue weighted by atomic mass is 9.83. The van der Waals surface area contributed by atoms with Crippen LogP contribution in [-0.2, 0) is 20.7 Å². The summed E-state index contributed by atoms with van der Waals surface area (Å²) in [5, 5.41) is 9.04. The quantitative estimate of drug-likeness (QED) is 0.660. The minimum Gasteiger partial charge on any atom is -0.480 e. The number of hydrogen-bond acceptors (Lipinski definition) is 3. The van der Waals surface area contributed by atoms with E-state index >= 15 is 0 Å². The second-order valence-electron chi connectivity index (χ2n) is 4.02. The fraction of sp³-hybridized carbons (Fsp3) is 0.333. The molecule has 0 saturated heterocycles. The molecule has 0 aromatic heterocycles. The van der Waals surface area contributed by atoms with E-state index in [0.717, 1.165) is 20.1 Å². The maximum atomic E-state index is 13.4. The van der Waals surface area contributed by atoms with Crippen molar-refractivity contribution in [1.82, 2.24) is 0 Å². The molecule has 0 aliphatic rings. The molecule has 98 valence electrons. The van der Waals surface area contributed by atoms with Gasteiger partial charge in [0.2, 0.25) is 0 Å². The summed E-state index contributed by atoms with van der Waals surface area (Å²) in [7, 11) is 1.03. The number of carbonyl (C=O) groups is 2. The van der Waals surface area contributed by atoms with Gasteiger partial charge in [0.25, 0.3) is 0 Å². The van der Waals surface area contributed by atoms with E-state index in [1.807, 2.05) is 0 Å². The van der Waals surface area contributed by atoms with Crippen LogP contribution >= 0.6 is 0 Å². The summed E-state index contributed by atoms with van der Waals surface area (Å²) in [5.41, 5.74) is -2.14. The largest absolute Gasteiger partial charge is 0.480 e. The standard InChI is InChI=1S/C12H12F2O4/c1-12(10(15)16,11(17)18-2)6-7-4-3-5-8(13)9(7)14/h3-5H,6H2,1-2H3,(H,15,16). The normalized spacial score (nSPS) is 13.8. The fourth-order valence-electron chi connectivity index (χ4n) is 1.53. The molecular formula is C12H12F2O4. The summed E-state index contributed by atoms with van der Waals surface area (Å²) in [6.45, 7) is 1.10. The summed E-state index contributed by atoms with van der Waals surface area (Å²) in [6.07, 6.45) is -0.488. The Hall–Kier alpha value is -1.98. The zero-order chi connectivity index (χ0) is 13.9. The minimum absolute atomic E-state index is 0.190. The minimum atomic E-state index is -1.95. The number of halogens is 2. The van der Waals surface area contributed by atoms with Crippen LogP contribution in [0.25, 0.3) is 0 Å². The molecule has 0 amide bonds. The van der Waals surface area contributed by atoms with Crippen LogP contribution in [0.3, 0.4) is 0 Å². The van der Waals surface area contributed by atoms with Gasteiger partial charge in [-0.3, -0.25) is 9.59 Å². The van der Waals surface area contributed by atoms with Gasteiger partial charge >= 0.3 is 11.9 Å². The summed E-state index contributed by atoms with van der Waals surface area (Å²) in [5.74, 6) is -4.73. The third-order valence-corrected chi connectivity index (χ3v) is 2.68. The highest BCUT2D eigenvalue weighted by Crippen LogP contribution is 2.26. The Labute approximate surface area is 102 Å². The number of rotatable bonds is 4. The number of carboxylic acid groups (broad SMARTS) is 1. The summed E-state index contributed by atoms with van der Waals surface area (Å²) >= 11 is 0. The first-order chi connectivity index (χ1) is 8.32. The molecule has 1 atom stereocenters. The Morgan fingerprint density at radius 1 is 1.39 bits per heavy atom. The van der Waals surface area contributed by atoms with E-state index in [4.69, 9.17) is 5.11 Å². The molecule has 0 aliphatic carbocycles. The number of ether oxygens (including phenoxy) is 1. The van der Waals surface area contributed by atoms with Crippen molar-refractivity contribution in [2.45, 2.75) is 13.3 Å². The Morgan fingerprint density at radius 2 is 2.00 bits per heavy atom. The van der Waals surface area contributed by atoms with Crippen molar-refractivity contribution in [3.8, 4) is 0 Å². The molecule has 0 fully saturated rings.